The molecule has 3 heterocycles. The number of nitrogens with zero attached hydrogens (tertiary/aromatic N) is 5. The highest BCUT2D eigenvalue weighted by atomic mass is 35.5. The van der Waals surface area contributed by atoms with Crippen molar-refractivity contribution in [3.63, 3.8) is 0 Å². The maximum Gasteiger partial charge on any atom is 0.327 e. The van der Waals surface area contributed by atoms with Gasteiger partial charge in [0.25, 0.3) is 5.62 Å². The highest BCUT2D eigenvalue weighted by Crippen LogP contribution is 2.30. The molecule has 0 bridgehead atoms. The maximum atomic E-state index is 11.4. The van der Waals surface area contributed by atoms with Crippen LogP contribution in [0.25, 0.3) is 11.7 Å². The SMILES string of the molecule is O=c1[nH]c(O)c(/C=c2\cnn3c(=NC4CC4)nc(Oc4cc(Cl)ccc4Cl)nc23)[nH]1. The van der Waals surface area contributed by atoms with Crippen LogP contribution in [0.15, 0.2) is 34.2 Å². The molecule has 10 nitrogen and oxygen atoms in total. The minimum Gasteiger partial charge on any atom is -0.493 e. The van der Waals surface area contributed by atoms with Crippen molar-refractivity contribution in [1.29, 1.82) is 0 Å². The van der Waals surface area contributed by atoms with Gasteiger partial charge in [0.05, 0.1) is 17.3 Å². The number of imidazole rings is 1. The van der Waals surface area contributed by atoms with Crippen molar-refractivity contribution in [2.24, 2.45) is 4.99 Å². The molecule has 12 heteroatoms. The van der Waals surface area contributed by atoms with Crippen LogP contribution in [0.2, 0.25) is 10.0 Å². The van der Waals surface area contributed by atoms with Gasteiger partial charge in [-0.05, 0) is 31.1 Å². The number of benzene rings is 1. The molecule has 0 saturated heterocycles. The number of aromatic nitrogens is 6. The number of H-pyrrole nitrogens is 2. The van der Waals surface area contributed by atoms with Gasteiger partial charge < -0.3 is 14.8 Å². The molecule has 1 aliphatic carbocycles. The van der Waals surface area contributed by atoms with E-state index in [2.05, 4.69) is 30.0 Å². The van der Waals surface area contributed by atoms with Gasteiger partial charge >= 0.3 is 11.7 Å². The van der Waals surface area contributed by atoms with Gasteiger partial charge in [-0.2, -0.15) is 19.6 Å². The van der Waals surface area contributed by atoms with Crippen molar-refractivity contribution in [2.45, 2.75) is 18.9 Å². The van der Waals surface area contributed by atoms with E-state index < -0.39 is 5.69 Å². The number of aromatic amines is 2. The Morgan fingerprint density at radius 1 is 1.27 bits per heavy atom. The first kappa shape index (κ1) is 18.6. The van der Waals surface area contributed by atoms with Crippen LogP contribution < -0.4 is 21.3 Å². The molecular formula is C18H13Cl2N7O3. The Balaban J connectivity index is 1.69. The monoisotopic (exact) mass is 445 g/mol. The molecule has 152 valence electrons. The van der Waals surface area contributed by atoms with Crippen molar-refractivity contribution < 1.29 is 9.84 Å². The number of aromatic hydroxyl groups is 1. The first-order chi connectivity index (χ1) is 14.5. The van der Waals surface area contributed by atoms with Crippen molar-refractivity contribution in [1.82, 2.24) is 29.5 Å². The molecule has 0 spiro atoms. The van der Waals surface area contributed by atoms with E-state index in [4.69, 9.17) is 27.9 Å². The summed E-state index contributed by atoms with van der Waals surface area (Å²) >= 11 is 12.2. The van der Waals surface area contributed by atoms with Gasteiger partial charge in [-0.15, -0.1) is 0 Å². The first-order valence-electron chi connectivity index (χ1n) is 8.92. The summed E-state index contributed by atoms with van der Waals surface area (Å²) in [6, 6.07) is 4.99. The topological polar surface area (TPSA) is 134 Å². The van der Waals surface area contributed by atoms with Crippen LogP contribution in [0, 0.1) is 0 Å². The summed E-state index contributed by atoms with van der Waals surface area (Å²) < 4.78 is 7.25. The lowest BCUT2D eigenvalue weighted by atomic mass is 10.3. The van der Waals surface area contributed by atoms with Gasteiger partial charge in [0.2, 0.25) is 5.88 Å². The summed E-state index contributed by atoms with van der Waals surface area (Å²) in [6.07, 6.45) is 5.00. The molecule has 0 atom stereocenters. The van der Waals surface area contributed by atoms with Gasteiger partial charge in [-0.1, -0.05) is 23.2 Å². The van der Waals surface area contributed by atoms with Crippen LogP contribution in [0.5, 0.6) is 17.6 Å². The molecule has 3 N–H and O–H groups in total. The molecule has 1 aliphatic rings. The van der Waals surface area contributed by atoms with E-state index in [0.717, 1.165) is 12.8 Å². The molecule has 3 aromatic heterocycles. The Morgan fingerprint density at radius 2 is 2.10 bits per heavy atom. The second-order valence-corrected chi connectivity index (χ2v) is 7.51. The molecule has 0 aliphatic heterocycles. The lowest BCUT2D eigenvalue weighted by Crippen LogP contribution is -2.23. The third-order valence-corrected chi connectivity index (χ3v) is 4.88. The fourth-order valence-corrected chi connectivity index (χ4v) is 3.08. The van der Waals surface area contributed by atoms with Crippen molar-refractivity contribution in [3.8, 4) is 17.6 Å². The van der Waals surface area contributed by atoms with Crippen LogP contribution in [-0.2, 0) is 0 Å². The van der Waals surface area contributed by atoms with Gasteiger partial charge in [-0.3, -0.25) is 4.98 Å². The normalized spacial score (nSPS) is 15.3. The Hall–Kier alpha value is -3.37. The van der Waals surface area contributed by atoms with Crippen LogP contribution >= 0.6 is 23.2 Å². The lowest BCUT2D eigenvalue weighted by molar-refractivity contribution is 0.436. The molecule has 0 unspecified atom stereocenters. The Kier molecular flexibility index (Phi) is 4.44. The van der Waals surface area contributed by atoms with E-state index in [1.54, 1.807) is 18.2 Å². The van der Waals surface area contributed by atoms with Gasteiger partial charge in [-0.25, -0.2) is 9.79 Å². The number of halogens is 2. The van der Waals surface area contributed by atoms with E-state index in [1.807, 2.05) is 0 Å². The Labute approximate surface area is 177 Å². The summed E-state index contributed by atoms with van der Waals surface area (Å²) in [5, 5.41) is 15.4. The number of fused-ring (bicyclic) bond motifs is 1. The van der Waals surface area contributed by atoms with E-state index in [9.17, 15) is 9.90 Å². The van der Waals surface area contributed by atoms with Gasteiger partial charge in [0, 0.05) is 16.3 Å². The van der Waals surface area contributed by atoms with Gasteiger partial charge in [0.1, 0.15) is 5.69 Å². The molecule has 1 fully saturated rings. The third-order valence-electron chi connectivity index (χ3n) is 4.33. The number of hydrogen-bond donors (Lipinski definition) is 3. The molecule has 1 aromatic carbocycles. The maximum absolute atomic E-state index is 11.4. The number of rotatable bonds is 4. The van der Waals surface area contributed by atoms with E-state index in [1.165, 1.54) is 16.8 Å². The highest BCUT2D eigenvalue weighted by molar-refractivity contribution is 6.34. The minimum atomic E-state index is -0.533. The number of ether oxygens (including phenoxy) is 1. The summed E-state index contributed by atoms with van der Waals surface area (Å²) in [5.74, 6) is 0.00187. The lowest BCUT2D eigenvalue weighted by Gasteiger charge is -2.06. The third kappa shape index (κ3) is 3.62. The van der Waals surface area contributed by atoms with E-state index in [-0.39, 0.29) is 23.6 Å². The average molecular weight is 446 g/mol. The van der Waals surface area contributed by atoms with Crippen LogP contribution in [0.1, 0.15) is 18.5 Å². The predicted octanol–water partition coefficient (Wildman–Crippen LogP) is 1.56. The van der Waals surface area contributed by atoms with Crippen molar-refractivity contribution >= 4 is 34.9 Å². The van der Waals surface area contributed by atoms with Crippen molar-refractivity contribution in [2.75, 3.05) is 0 Å². The van der Waals surface area contributed by atoms with E-state index in [0.29, 0.717) is 32.3 Å². The Morgan fingerprint density at radius 3 is 2.83 bits per heavy atom. The minimum absolute atomic E-state index is 0.00741. The molecule has 0 radical (unpaired) electrons. The molecule has 4 aromatic rings. The zero-order valence-corrected chi connectivity index (χ0v) is 16.6. The number of hydrogen-bond acceptors (Lipinski definition) is 7. The second kappa shape index (κ2) is 7.15. The predicted molar refractivity (Wildman–Crippen MR) is 108 cm³/mol. The standard InChI is InChI=1S/C18H13Cl2N7O3/c19-9-1-4-11(20)13(6-9)30-18-24-14-8(5-12-15(28)25-17(29)23-12)7-21-27(14)16(26-18)22-10-2-3-10/h1,4-7,10,28H,2-3H2,(H2,23,25,29)/b8-5+,22-16?. The molecule has 30 heavy (non-hydrogen) atoms. The molecule has 0 amide bonds. The molecular weight excluding hydrogens is 433 g/mol. The summed E-state index contributed by atoms with van der Waals surface area (Å²) in [4.78, 5) is 29.5. The van der Waals surface area contributed by atoms with Crippen molar-refractivity contribution in [3.05, 3.63) is 61.5 Å². The van der Waals surface area contributed by atoms with Crippen LogP contribution in [-0.4, -0.2) is 40.7 Å². The quantitative estimate of drug-likeness (QED) is 0.436. The Bertz CT molecular complexity index is 1450. The van der Waals surface area contributed by atoms with E-state index >= 15 is 0 Å². The number of nitrogens with one attached hydrogen (secondary N) is 2. The fourth-order valence-electron chi connectivity index (χ4n) is 2.76. The molecule has 1 saturated carbocycles. The smallest absolute Gasteiger partial charge is 0.327 e. The van der Waals surface area contributed by atoms with Gasteiger partial charge in [0.15, 0.2) is 11.4 Å². The first-order valence-corrected chi connectivity index (χ1v) is 9.67. The van der Waals surface area contributed by atoms with Crippen LogP contribution in [0.4, 0.5) is 0 Å². The molecule has 5 rings (SSSR count). The fraction of sp³-hybridized carbons (Fsp3) is 0.167. The zero-order valence-electron chi connectivity index (χ0n) is 15.1. The largest absolute Gasteiger partial charge is 0.493 e. The summed E-state index contributed by atoms with van der Waals surface area (Å²) in [7, 11) is 0. The zero-order chi connectivity index (χ0) is 20.8. The van der Waals surface area contributed by atoms with Crippen LogP contribution in [0.3, 0.4) is 0 Å². The highest BCUT2D eigenvalue weighted by Gasteiger charge is 2.21. The summed E-state index contributed by atoms with van der Waals surface area (Å²) in [5.41, 5.74) is 0.351. The second-order valence-electron chi connectivity index (χ2n) is 6.66. The average Bonchev–Trinajstić information content (AvgIpc) is 3.34. The summed E-state index contributed by atoms with van der Waals surface area (Å²) in [6.45, 7) is 0.